The number of terminal acetylenes is 1. The van der Waals surface area contributed by atoms with Crippen molar-refractivity contribution in [3.8, 4) is 12.3 Å². The largest absolute Gasteiger partial charge is 0.385 e. The predicted molar refractivity (Wildman–Crippen MR) is 64.8 cm³/mol. The van der Waals surface area contributed by atoms with Crippen LogP contribution < -0.4 is 5.32 Å². The van der Waals surface area contributed by atoms with Crippen molar-refractivity contribution in [2.75, 3.05) is 18.1 Å². The molecule has 0 fully saturated rings. The van der Waals surface area contributed by atoms with E-state index in [0.29, 0.717) is 0 Å². The van der Waals surface area contributed by atoms with Gasteiger partial charge in [-0.2, -0.15) is 0 Å². The van der Waals surface area contributed by atoms with Gasteiger partial charge in [-0.3, -0.25) is 0 Å². The molecule has 0 aromatic heterocycles. The first-order chi connectivity index (χ1) is 6.86. The molecule has 0 spiro atoms. The third-order valence-corrected chi connectivity index (χ3v) is 2.62. The third-order valence-electron chi connectivity index (χ3n) is 1.90. The monoisotopic (exact) mass is 205 g/mol. The minimum absolute atomic E-state index is 0.842. The van der Waals surface area contributed by atoms with E-state index in [2.05, 4.69) is 41.8 Å². The van der Waals surface area contributed by atoms with Gasteiger partial charge in [-0.05, 0) is 30.9 Å². The smallest absolute Gasteiger partial charge is 0.0351 e. The van der Waals surface area contributed by atoms with Crippen LogP contribution in [0.15, 0.2) is 29.2 Å². The molecular weight excluding hydrogens is 190 g/mol. The average molecular weight is 205 g/mol. The maximum Gasteiger partial charge on any atom is 0.0351 e. The molecule has 0 aliphatic rings. The Hall–Kier alpha value is -1.07. The fourth-order valence-corrected chi connectivity index (χ4v) is 1.62. The van der Waals surface area contributed by atoms with Crippen LogP contribution >= 0.6 is 11.8 Å². The number of unbranched alkanes of at least 4 members (excludes halogenated alkanes) is 1. The van der Waals surface area contributed by atoms with Crippen molar-refractivity contribution in [1.29, 1.82) is 0 Å². The summed E-state index contributed by atoms with van der Waals surface area (Å²) in [5, 5.41) is 3.35. The van der Waals surface area contributed by atoms with E-state index in [1.54, 1.807) is 11.8 Å². The van der Waals surface area contributed by atoms with E-state index >= 15 is 0 Å². The van der Waals surface area contributed by atoms with E-state index in [1.807, 2.05) is 0 Å². The fraction of sp³-hybridized carbons (Fsp3) is 0.333. The van der Waals surface area contributed by atoms with Crippen molar-refractivity contribution in [2.24, 2.45) is 0 Å². The maximum atomic E-state index is 5.17. The van der Waals surface area contributed by atoms with E-state index < -0.39 is 0 Å². The Morgan fingerprint density at radius 1 is 1.50 bits per heavy atom. The molecule has 1 aromatic rings. The Labute approximate surface area is 90.3 Å². The molecule has 14 heavy (non-hydrogen) atoms. The molecule has 0 amide bonds. The molecule has 0 aliphatic carbocycles. The summed E-state index contributed by atoms with van der Waals surface area (Å²) >= 11 is 1.75. The Balaban J connectivity index is 2.39. The van der Waals surface area contributed by atoms with Crippen LogP contribution in [0.2, 0.25) is 0 Å². The lowest BCUT2D eigenvalue weighted by atomic mass is 10.3. The van der Waals surface area contributed by atoms with Crippen molar-refractivity contribution < 1.29 is 0 Å². The van der Waals surface area contributed by atoms with Crippen LogP contribution in [0.3, 0.4) is 0 Å². The van der Waals surface area contributed by atoms with Crippen LogP contribution in [0.4, 0.5) is 5.69 Å². The van der Waals surface area contributed by atoms with Crippen molar-refractivity contribution in [3.05, 3.63) is 24.3 Å². The number of hydrogen-bond donors (Lipinski definition) is 1. The molecule has 0 bridgehead atoms. The molecule has 0 atom stereocenters. The van der Waals surface area contributed by atoms with E-state index in [1.165, 1.54) is 10.6 Å². The number of benzene rings is 1. The first kappa shape index (κ1) is 11.0. The molecule has 2 heteroatoms. The lowest BCUT2D eigenvalue weighted by Crippen LogP contribution is -2.00. The standard InChI is InChI=1S/C12H15NS/c1-3-4-5-9-13-11-7-6-8-12(10-11)14-2/h1,6-8,10,13H,4-5,9H2,2H3. The summed E-state index contributed by atoms with van der Waals surface area (Å²) in [6, 6.07) is 8.41. The summed E-state index contributed by atoms with van der Waals surface area (Å²) in [6.07, 6.45) is 9.12. The molecule has 0 saturated heterocycles. The molecule has 0 unspecified atom stereocenters. The second kappa shape index (κ2) is 6.39. The summed E-state index contributed by atoms with van der Waals surface area (Å²) in [5.41, 5.74) is 1.17. The Morgan fingerprint density at radius 3 is 3.07 bits per heavy atom. The van der Waals surface area contributed by atoms with Crippen LogP contribution in [0.5, 0.6) is 0 Å². The highest BCUT2D eigenvalue weighted by atomic mass is 32.2. The Morgan fingerprint density at radius 2 is 2.36 bits per heavy atom. The Kier molecular flexibility index (Phi) is 5.03. The van der Waals surface area contributed by atoms with Crippen molar-refractivity contribution >= 4 is 17.4 Å². The summed E-state index contributed by atoms with van der Waals surface area (Å²) in [4.78, 5) is 1.28. The summed E-state index contributed by atoms with van der Waals surface area (Å²) in [7, 11) is 0. The van der Waals surface area contributed by atoms with Gasteiger partial charge in [-0.15, -0.1) is 24.1 Å². The Bertz CT molecular complexity index is 314. The molecule has 0 aliphatic heterocycles. The molecule has 0 radical (unpaired) electrons. The quantitative estimate of drug-likeness (QED) is 0.450. The second-order valence-corrected chi connectivity index (χ2v) is 3.85. The van der Waals surface area contributed by atoms with Gasteiger partial charge in [0.1, 0.15) is 0 Å². The van der Waals surface area contributed by atoms with E-state index in [-0.39, 0.29) is 0 Å². The van der Waals surface area contributed by atoms with E-state index in [9.17, 15) is 0 Å². The summed E-state index contributed by atoms with van der Waals surface area (Å²) in [6.45, 7) is 0.946. The second-order valence-electron chi connectivity index (χ2n) is 2.97. The van der Waals surface area contributed by atoms with Gasteiger partial charge >= 0.3 is 0 Å². The van der Waals surface area contributed by atoms with Crippen molar-refractivity contribution in [2.45, 2.75) is 17.7 Å². The topological polar surface area (TPSA) is 12.0 Å². The molecule has 1 aromatic carbocycles. The molecular formula is C12H15NS. The van der Waals surface area contributed by atoms with Gasteiger partial charge in [0.2, 0.25) is 0 Å². The van der Waals surface area contributed by atoms with Crippen LogP contribution in [0, 0.1) is 12.3 Å². The number of nitrogens with one attached hydrogen (secondary N) is 1. The highest BCUT2D eigenvalue weighted by Gasteiger charge is 1.93. The minimum atomic E-state index is 0.842. The molecule has 1 rings (SSSR count). The molecule has 1 nitrogen and oxygen atoms in total. The van der Waals surface area contributed by atoms with E-state index in [4.69, 9.17) is 6.42 Å². The highest BCUT2D eigenvalue weighted by molar-refractivity contribution is 7.98. The maximum absolute atomic E-state index is 5.17. The summed E-state index contributed by atoms with van der Waals surface area (Å²) < 4.78 is 0. The van der Waals surface area contributed by atoms with Crippen LogP contribution in [0.25, 0.3) is 0 Å². The van der Waals surface area contributed by atoms with Crippen molar-refractivity contribution in [3.63, 3.8) is 0 Å². The molecule has 0 saturated carbocycles. The van der Waals surface area contributed by atoms with Gasteiger partial charge in [0, 0.05) is 23.5 Å². The zero-order chi connectivity index (χ0) is 10.2. The van der Waals surface area contributed by atoms with Crippen molar-refractivity contribution in [1.82, 2.24) is 0 Å². The first-order valence-corrected chi connectivity index (χ1v) is 5.90. The normalized spacial score (nSPS) is 9.43. The summed E-state index contributed by atoms with van der Waals surface area (Å²) in [5.74, 6) is 2.63. The molecule has 1 N–H and O–H groups in total. The fourth-order valence-electron chi connectivity index (χ4n) is 1.16. The first-order valence-electron chi connectivity index (χ1n) is 4.68. The third kappa shape index (κ3) is 3.76. The van der Waals surface area contributed by atoms with Gasteiger partial charge in [0.05, 0.1) is 0 Å². The van der Waals surface area contributed by atoms with Gasteiger partial charge in [0.15, 0.2) is 0 Å². The minimum Gasteiger partial charge on any atom is -0.385 e. The SMILES string of the molecule is C#CCCCNc1cccc(SC)c1. The number of rotatable bonds is 5. The van der Waals surface area contributed by atoms with Crippen LogP contribution in [-0.4, -0.2) is 12.8 Å². The lowest BCUT2D eigenvalue weighted by molar-refractivity contribution is 0.907. The van der Waals surface area contributed by atoms with Crippen LogP contribution in [0.1, 0.15) is 12.8 Å². The highest BCUT2D eigenvalue weighted by Crippen LogP contribution is 2.18. The zero-order valence-corrected chi connectivity index (χ0v) is 9.23. The van der Waals surface area contributed by atoms with E-state index in [0.717, 1.165) is 19.4 Å². The lowest BCUT2D eigenvalue weighted by Gasteiger charge is -2.05. The van der Waals surface area contributed by atoms with Gasteiger partial charge in [-0.25, -0.2) is 0 Å². The molecule has 74 valence electrons. The molecule has 0 heterocycles. The van der Waals surface area contributed by atoms with Gasteiger partial charge in [0.25, 0.3) is 0 Å². The van der Waals surface area contributed by atoms with Crippen LogP contribution in [-0.2, 0) is 0 Å². The predicted octanol–water partition coefficient (Wildman–Crippen LogP) is 3.23. The van der Waals surface area contributed by atoms with Gasteiger partial charge < -0.3 is 5.32 Å². The zero-order valence-electron chi connectivity index (χ0n) is 8.42. The number of anilines is 1. The van der Waals surface area contributed by atoms with Gasteiger partial charge in [-0.1, -0.05) is 6.07 Å². The number of hydrogen-bond acceptors (Lipinski definition) is 2. The number of thioether (sulfide) groups is 1. The average Bonchev–Trinajstić information content (AvgIpc) is 2.25.